The predicted octanol–water partition coefficient (Wildman–Crippen LogP) is 0.759. The molecule has 0 saturated carbocycles. The highest BCUT2D eigenvalue weighted by Gasteiger charge is 2.61. The van der Waals surface area contributed by atoms with Gasteiger partial charge in [0, 0.05) is 13.5 Å². The van der Waals surface area contributed by atoms with E-state index in [0.29, 0.717) is 0 Å². The molecule has 82 valence electrons. The second kappa shape index (κ2) is 3.78. The second-order valence-corrected chi connectivity index (χ2v) is 3.33. The molecule has 1 rings (SSSR count). The summed E-state index contributed by atoms with van der Waals surface area (Å²) in [5.74, 6) is -4.86. The third kappa shape index (κ3) is 1.59. The number of carbonyl (C=O) groups is 1. The maximum absolute atomic E-state index is 13.4. The van der Waals surface area contributed by atoms with E-state index in [0.717, 1.165) is 0 Å². The first kappa shape index (κ1) is 11.3. The average molecular weight is 210 g/mol. The molecule has 1 N–H and O–H groups in total. The van der Waals surface area contributed by atoms with Crippen molar-refractivity contribution in [2.75, 3.05) is 26.9 Å². The Morgan fingerprint density at radius 2 is 2.29 bits per heavy atom. The zero-order valence-corrected chi connectivity index (χ0v) is 7.76. The fourth-order valence-corrected chi connectivity index (χ4v) is 1.47. The van der Waals surface area contributed by atoms with Gasteiger partial charge >= 0.3 is 5.97 Å². The lowest BCUT2D eigenvalue weighted by atomic mass is 9.79. The highest BCUT2D eigenvalue weighted by Crippen LogP contribution is 2.43. The second-order valence-electron chi connectivity index (χ2n) is 3.33. The maximum Gasteiger partial charge on any atom is 0.320 e. The molecule has 14 heavy (non-hydrogen) atoms. The first-order chi connectivity index (χ1) is 6.46. The van der Waals surface area contributed by atoms with Crippen LogP contribution in [0, 0.1) is 5.41 Å². The summed E-state index contributed by atoms with van der Waals surface area (Å²) in [7, 11) is 1.19. The van der Waals surface area contributed by atoms with E-state index in [2.05, 4.69) is 4.74 Å². The van der Waals surface area contributed by atoms with Crippen molar-refractivity contribution < 1.29 is 28.2 Å². The van der Waals surface area contributed by atoms with E-state index in [9.17, 15) is 13.6 Å². The normalized spacial score (nSPS) is 31.4. The van der Waals surface area contributed by atoms with Crippen LogP contribution in [0.4, 0.5) is 8.78 Å². The van der Waals surface area contributed by atoms with Gasteiger partial charge in [0.1, 0.15) is 0 Å². The molecule has 1 fully saturated rings. The maximum atomic E-state index is 13.4. The lowest BCUT2D eigenvalue weighted by Crippen LogP contribution is -2.57. The Labute approximate surface area is 79.8 Å². The Balaban J connectivity index is 2.98. The fraction of sp³-hybridized carbons (Fsp3) is 0.875. The van der Waals surface area contributed by atoms with Crippen molar-refractivity contribution in [2.24, 2.45) is 5.41 Å². The Morgan fingerprint density at radius 1 is 1.64 bits per heavy atom. The molecule has 1 aliphatic rings. The van der Waals surface area contributed by atoms with E-state index in [1.807, 2.05) is 0 Å². The summed E-state index contributed by atoms with van der Waals surface area (Å²) in [5, 5.41) is 8.82. The van der Waals surface area contributed by atoms with Gasteiger partial charge < -0.3 is 14.6 Å². The van der Waals surface area contributed by atoms with Gasteiger partial charge in [0.05, 0.1) is 19.8 Å². The monoisotopic (exact) mass is 210 g/mol. The molecule has 6 heteroatoms. The SMILES string of the molecule is COCC1(C(=O)O)COCCC1(F)F. The first-order valence-corrected chi connectivity index (χ1v) is 4.14. The number of ether oxygens (including phenoxy) is 2. The van der Waals surface area contributed by atoms with Crippen LogP contribution in [0.15, 0.2) is 0 Å². The minimum atomic E-state index is -3.28. The number of alkyl halides is 2. The fourth-order valence-electron chi connectivity index (χ4n) is 1.47. The smallest absolute Gasteiger partial charge is 0.320 e. The molecular weight excluding hydrogens is 198 g/mol. The van der Waals surface area contributed by atoms with Gasteiger partial charge in [-0.25, -0.2) is 8.78 Å². The highest BCUT2D eigenvalue weighted by molar-refractivity contribution is 5.76. The summed E-state index contributed by atoms with van der Waals surface area (Å²) in [4.78, 5) is 10.8. The Kier molecular flexibility index (Phi) is 3.06. The molecule has 1 unspecified atom stereocenters. The van der Waals surface area contributed by atoms with E-state index in [4.69, 9.17) is 9.84 Å². The van der Waals surface area contributed by atoms with Gasteiger partial charge in [0.15, 0.2) is 5.41 Å². The van der Waals surface area contributed by atoms with Crippen LogP contribution in [0.2, 0.25) is 0 Å². The number of carboxylic acid groups (broad SMARTS) is 1. The Bertz CT molecular complexity index is 227. The number of carboxylic acids is 1. The first-order valence-electron chi connectivity index (χ1n) is 4.14. The zero-order valence-electron chi connectivity index (χ0n) is 7.76. The number of rotatable bonds is 3. The van der Waals surface area contributed by atoms with Gasteiger partial charge in [-0.15, -0.1) is 0 Å². The van der Waals surface area contributed by atoms with Gasteiger partial charge in [-0.05, 0) is 0 Å². The van der Waals surface area contributed by atoms with Gasteiger partial charge in [-0.3, -0.25) is 4.79 Å². The largest absolute Gasteiger partial charge is 0.481 e. The van der Waals surface area contributed by atoms with E-state index >= 15 is 0 Å². The molecule has 0 aromatic rings. The molecule has 1 heterocycles. The predicted molar refractivity (Wildman–Crippen MR) is 42.3 cm³/mol. The lowest BCUT2D eigenvalue weighted by molar-refractivity contribution is -0.226. The Hall–Kier alpha value is -0.750. The van der Waals surface area contributed by atoms with Crippen LogP contribution >= 0.6 is 0 Å². The molecule has 0 aromatic heterocycles. The third-order valence-electron chi connectivity index (χ3n) is 2.41. The third-order valence-corrected chi connectivity index (χ3v) is 2.41. The molecule has 0 aromatic carbocycles. The van der Waals surface area contributed by atoms with Gasteiger partial charge in [-0.2, -0.15) is 0 Å². The van der Waals surface area contributed by atoms with Crippen molar-refractivity contribution >= 4 is 5.97 Å². The summed E-state index contributed by atoms with van der Waals surface area (Å²) in [6, 6.07) is 0. The molecule has 0 aliphatic carbocycles. The van der Waals surface area contributed by atoms with Crippen molar-refractivity contribution in [3.05, 3.63) is 0 Å². The average Bonchev–Trinajstić information content (AvgIpc) is 2.08. The van der Waals surface area contributed by atoms with Crippen molar-refractivity contribution in [2.45, 2.75) is 12.3 Å². The van der Waals surface area contributed by atoms with Crippen LogP contribution in [0.3, 0.4) is 0 Å². The standard InChI is InChI=1S/C8H12F2O4/c1-13-4-7(6(11)12)5-14-3-2-8(7,9)10/h2-5H2,1H3,(H,11,12). The number of hydrogen-bond acceptors (Lipinski definition) is 3. The molecule has 0 amide bonds. The van der Waals surface area contributed by atoms with Crippen LogP contribution in [0.5, 0.6) is 0 Å². The van der Waals surface area contributed by atoms with Crippen LogP contribution in [0.1, 0.15) is 6.42 Å². The van der Waals surface area contributed by atoms with E-state index in [-0.39, 0.29) is 6.61 Å². The summed E-state index contributed by atoms with van der Waals surface area (Å²) in [6.45, 7) is -1.18. The number of halogens is 2. The number of aliphatic carboxylic acids is 1. The molecule has 1 aliphatic heterocycles. The molecule has 4 nitrogen and oxygen atoms in total. The molecule has 1 atom stereocenters. The van der Waals surface area contributed by atoms with E-state index in [1.54, 1.807) is 0 Å². The van der Waals surface area contributed by atoms with Gasteiger partial charge in [-0.1, -0.05) is 0 Å². The quantitative estimate of drug-likeness (QED) is 0.747. The Morgan fingerprint density at radius 3 is 2.71 bits per heavy atom. The minimum Gasteiger partial charge on any atom is -0.481 e. The summed E-state index contributed by atoms with van der Waals surface area (Å²) in [5.41, 5.74) is -2.24. The van der Waals surface area contributed by atoms with Crippen molar-refractivity contribution in [1.82, 2.24) is 0 Å². The molecular formula is C8H12F2O4. The summed E-state index contributed by atoms with van der Waals surface area (Å²) < 4.78 is 36.2. The number of methoxy groups -OCH3 is 1. The van der Waals surface area contributed by atoms with Crippen molar-refractivity contribution in [3.8, 4) is 0 Å². The zero-order chi connectivity index (χ0) is 10.8. The molecule has 0 bridgehead atoms. The molecule has 0 spiro atoms. The summed E-state index contributed by atoms with van der Waals surface area (Å²) >= 11 is 0. The lowest BCUT2D eigenvalue weighted by Gasteiger charge is -2.39. The molecule has 0 radical (unpaired) electrons. The van der Waals surface area contributed by atoms with Crippen molar-refractivity contribution in [3.63, 3.8) is 0 Å². The van der Waals surface area contributed by atoms with Crippen LogP contribution < -0.4 is 0 Å². The van der Waals surface area contributed by atoms with Crippen LogP contribution in [0.25, 0.3) is 0 Å². The van der Waals surface area contributed by atoms with Gasteiger partial charge in [0.25, 0.3) is 5.92 Å². The number of hydrogen-bond donors (Lipinski definition) is 1. The van der Waals surface area contributed by atoms with Crippen molar-refractivity contribution in [1.29, 1.82) is 0 Å². The van der Waals surface area contributed by atoms with Crippen LogP contribution in [-0.4, -0.2) is 43.9 Å². The van der Waals surface area contributed by atoms with E-state index < -0.39 is 36.9 Å². The topological polar surface area (TPSA) is 55.8 Å². The van der Waals surface area contributed by atoms with Crippen LogP contribution in [-0.2, 0) is 14.3 Å². The van der Waals surface area contributed by atoms with E-state index in [1.165, 1.54) is 7.11 Å². The molecule has 1 saturated heterocycles. The highest BCUT2D eigenvalue weighted by atomic mass is 19.3. The van der Waals surface area contributed by atoms with Gasteiger partial charge in [0.2, 0.25) is 0 Å². The minimum absolute atomic E-state index is 0.119. The summed E-state index contributed by atoms with van der Waals surface area (Å²) in [6.07, 6.45) is -0.581.